The van der Waals surface area contributed by atoms with E-state index in [-0.39, 0.29) is 18.4 Å². The summed E-state index contributed by atoms with van der Waals surface area (Å²) in [6, 6.07) is 5.83. The molecule has 0 saturated heterocycles. The van der Waals surface area contributed by atoms with Crippen molar-refractivity contribution in [2.75, 3.05) is 0 Å². The molecule has 92 valence electrons. The van der Waals surface area contributed by atoms with E-state index in [9.17, 15) is 0 Å². The molecular formula is C12H18BrCl2N. The molecule has 0 amide bonds. The summed E-state index contributed by atoms with van der Waals surface area (Å²) in [7, 11) is 0. The molecule has 0 aliphatic carbocycles. The Morgan fingerprint density at radius 3 is 2.50 bits per heavy atom. The lowest BCUT2D eigenvalue weighted by atomic mass is 9.98. The summed E-state index contributed by atoms with van der Waals surface area (Å²) in [5.41, 5.74) is 7.22. The van der Waals surface area contributed by atoms with E-state index in [1.54, 1.807) is 0 Å². The Labute approximate surface area is 117 Å². The molecule has 1 atom stereocenters. The Balaban J connectivity index is 0.00000225. The Kier molecular flexibility index (Phi) is 7.66. The molecule has 0 fully saturated rings. The van der Waals surface area contributed by atoms with Gasteiger partial charge in [-0.2, -0.15) is 0 Å². The van der Waals surface area contributed by atoms with Crippen molar-refractivity contribution in [2.45, 2.75) is 32.7 Å². The third-order valence-electron chi connectivity index (χ3n) is 2.41. The van der Waals surface area contributed by atoms with E-state index in [4.69, 9.17) is 17.3 Å². The molecule has 1 aromatic carbocycles. The highest BCUT2D eigenvalue weighted by molar-refractivity contribution is 9.10. The second-order valence-electron chi connectivity index (χ2n) is 4.24. The van der Waals surface area contributed by atoms with Gasteiger partial charge in [0.05, 0.1) is 0 Å². The first-order valence-corrected chi connectivity index (χ1v) is 6.38. The van der Waals surface area contributed by atoms with Crippen LogP contribution in [0.15, 0.2) is 22.7 Å². The van der Waals surface area contributed by atoms with Crippen LogP contribution in [0.1, 0.15) is 38.3 Å². The van der Waals surface area contributed by atoms with Crippen LogP contribution in [0.3, 0.4) is 0 Å². The zero-order valence-electron chi connectivity index (χ0n) is 9.54. The van der Waals surface area contributed by atoms with Gasteiger partial charge in [0.25, 0.3) is 0 Å². The topological polar surface area (TPSA) is 26.0 Å². The summed E-state index contributed by atoms with van der Waals surface area (Å²) >= 11 is 9.45. The lowest BCUT2D eigenvalue weighted by Gasteiger charge is -2.15. The number of rotatable bonds is 4. The second kappa shape index (κ2) is 7.54. The van der Waals surface area contributed by atoms with Gasteiger partial charge in [0.2, 0.25) is 0 Å². The number of hydrogen-bond donors (Lipinski definition) is 1. The first-order chi connectivity index (χ1) is 7.00. The van der Waals surface area contributed by atoms with Gasteiger partial charge in [0, 0.05) is 15.5 Å². The normalized spacial score (nSPS) is 12.4. The van der Waals surface area contributed by atoms with E-state index in [0.29, 0.717) is 5.92 Å². The molecule has 0 aliphatic heterocycles. The van der Waals surface area contributed by atoms with Crippen molar-refractivity contribution in [3.8, 4) is 0 Å². The van der Waals surface area contributed by atoms with Crippen LogP contribution < -0.4 is 5.73 Å². The predicted molar refractivity (Wildman–Crippen MR) is 77.4 cm³/mol. The Hall–Kier alpha value is 0.240. The number of nitrogens with two attached hydrogens (primary N) is 1. The fourth-order valence-corrected chi connectivity index (χ4v) is 2.19. The maximum absolute atomic E-state index is 6.12. The molecule has 4 heteroatoms. The first-order valence-electron chi connectivity index (χ1n) is 5.21. The van der Waals surface area contributed by atoms with Crippen molar-refractivity contribution in [3.63, 3.8) is 0 Å². The average Bonchev–Trinajstić information content (AvgIpc) is 2.18. The lowest BCUT2D eigenvalue weighted by Crippen LogP contribution is -2.11. The number of hydrogen-bond acceptors (Lipinski definition) is 1. The van der Waals surface area contributed by atoms with Crippen LogP contribution in [-0.4, -0.2) is 0 Å². The third-order valence-corrected chi connectivity index (χ3v) is 3.37. The van der Waals surface area contributed by atoms with Crippen LogP contribution in [0.4, 0.5) is 0 Å². The van der Waals surface area contributed by atoms with Gasteiger partial charge in [-0.1, -0.05) is 41.4 Å². The van der Waals surface area contributed by atoms with Gasteiger partial charge in [0.1, 0.15) is 0 Å². The smallest absolute Gasteiger partial charge is 0.0410 e. The molecule has 0 radical (unpaired) electrons. The molecule has 1 rings (SSSR count). The maximum atomic E-state index is 6.12. The monoisotopic (exact) mass is 325 g/mol. The molecule has 0 aliphatic rings. The van der Waals surface area contributed by atoms with Crippen molar-refractivity contribution in [1.82, 2.24) is 0 Å². The summed E-state index contributed by atoms with van der Waals surface area (Å²) in [5, 5.41) is 0.744. The molecule has 0 spiro atoms. The quantitative estimate of drug-likeness (QED) is 0.831. The van der Waals surface area contributed by atoms with Gasteiger partial charge < -0.3 is 5.73 Å². The minimum absolute atomic E-state index is 0. The van der Waals surface area contributed by atoms with E-state index < -0.39 is 0 Å². The van der Waals surface area contributed by atoms with E-state index in [1.807, 2.05) is 18.2 Å². The zero-order chi connectivity index (χ0) is 11.4. The van der Waals surface area contributed by atoms with E-state index >= 15 is 0 Å². The van der Waals surface area contributed by atoms with Crippen LogP contribution in [0.25, 0.3) is 0 Å². The molecule has 0 bridgehead atoms. The summed E-state index contributed by atoms with van der Waals surface area (Å²) < 4.78 is 1.04. The largest absolute Gasteiger partial charge is 0.324 e. The molecule has 1 aromatic rings. The number of halogens is 3. The van der Waals surface area contributed by atoms with Crippen LogP contribution in [-0.2, 0) is 0 Å². The summed E-state index contributed by atoms with van der Waals surface area (Å²) in [6.45, 7) is 4.42. The highest BCUT2D eigenvalue weighted by atomic mass is 79.9. The fraction of sp³-hybridized carbons (Fsp3) is 0.500. The van der Waals surface area contributed by atoms with Crippen LogP contribution >= 0.6 is 39.9 Å². The Bertz CT molecular complexity index is 329. The molecule has 0 saturated carbocycles. The summed E-state index contributed by atoms with van der Waals surface area (Å²) in [6.07, 6.45) is 2.14. The summed E-state index contributed by atoms with van der Waals surface area (Å²) in [5.74, 6) is 0.689. The van der Waals surface area contributed by atoms with Crippen LogP contribution in [0.5, 0.6) is 0 Å². The van der Waals surface area contributed by atoms with Crippen LogP contribution in [0, 0.1) is 5.92 Å². The Morgan fingerprint density at radius 1 is 1.31 bits per heavy atom. The van der Waals surface area contributed by atoms with Crippen molar-refractivity contribution in [2.24, 2.45) is 11.7 Å². The average molecular weight is 327 g/mol. The highest BCUT2D eigenvalue weighted by Gasteiger charge is 2.10. The third kappa shape index (κ3) is 5.05. The molecule has 2 N–H and O–H groups in total. The van der Waals surface area contributed by atoms with Gasteiger partial charge in [-0.25, -0.2) is 0 Å². The van der Waals surface area contributed by atoms with Crippen molar-refractivity contribution >= 4 is 39.9 Å². The van der Waals surface area contributed by atoms with Gasteiger partial charge in [-0.15, -0.1) is 12.4 Å². The molecule has 0 aromatic heterocycles. The SMILES string of the molecule is CC(C)CC[C@@H](N)c1cc(Cl)ccc1Br.Cl. The summed E-state index contributed by atoms with van der Waals surface area (Å²) in [4.78, 5) is 0. The zero-order valence-corrected chi connectivity index (χ0v) is 12.7. The predicted octanol–water partition coefficient (Wildman–Crippen LogP) is 4.96. The van der Waals surface area contributed by atoms with Gasteiger partial charge in [0.15, 0.2) is 0 Å². The van der Waals surface area contributed by atoms with E-state index in [0.717, 1.165) is 27.9 Å². The minimum Gasteiger partial charge on any atom is -0.324 e. The van der Waals surface area contributed by atoms with E-state index in [1.165, 1.54) is 0 Å². The highest BCUT2D eigenvalue weighted by Crippen LogP contribution is 2.28. The molecule has 1 nitrogen and oxygen atoms in total. The molecule has 16 heavy (non-hydrogen) atoms. The standard InChI is InChI=1S/C12H17BrClN.ClH/c1-8(2)3-6-12(15)10-7-9(14)4-5-11(10)13;/h4-5,7-8,12H,3,6,15H2,1-2H3;1H/t12-;/m1./s1. The lowest BCUT2D eigenvalue weighted by molar-refractivity contribution is 0.506. The maximum Gasteiger partial charge on any atom is 0.0410 e. The number of benzene rings is 1. The van der Waals surface area contributed by atoms with Crippen molar-refractivity contribution in [1.29, 1.82) is 0 Å². The fourth-order valence-electron chi connectivity index (χ4n) is 1.47. The van der Waals surface area contributed by atoms with Gasteiger partial charge >= 0.3 is 0 Å². The first kappa shape index (κ1) is 16.2. The van der Waals surface area contributed by atoms with Gasteiger partial charge in [-0.05, 0) is 42.5 Å². The van der Waals surface area contributed by atoms with Crippen molar-refractivity contribution in [3.05, 3.63) is 33.3 Å². The van der Waals surface area contributed by atoms with Gasteiger partial charge in [-0.3, -0.25) is 0 Å². The molecule has 0 unspecified atom stereocenters. The molecule has 0 heterocycles. The molecular weight excluding hydrogens is 309 g/mol. The van der Waals surface area contributed by atoms with Crippen LogP contribution in [0.2, 0.25) is 5.02 Å². The van der Waals surface area contributed by atoms with E-state index in [2.05, 4.69) is 29.8 Å². The Morgan fingerprint density at radius 2 is 1.94 bits per heavy atom. The minimum atomic E-state index is 0. The second-order valence-corrected chi connectivity index (χ2v) is 5.53. The van der Waals surface area contributed by atoms with Crippen molar-refractivity contribution < 1.29 is 0 Å².